The van der Waals surface area contributed by atoms with Crippen molar-refractivity contribution in [3.8, 4) is 10.4 Å². The fourth-order valence-electron chi connectivity index (χ4n) is 3.57. The molecule has 1 aliphatic rings. The summed E-state index contributed by atoms with van der Waals surface area (Å²) in [5, 5.41) is 14.1. The average molecular weight is 460 g/mol. The lowest BCUT2D eigenvalue weighted by atomic mass is 9.97. The molecule has 1 unspecified atom stereocenters. The zero-order chi connectivity index (χ0) is 22.7. The molecule has 0 radical (unpaired) electrons. The molecule has 5 nitrogen and oxygen atoms in total. The van der Waals surface area contributed by atoms with E-state index in [9.17, 15) is 13.9 Å². The first kappa shape index (κ1) is 22.8. The third-order valence-corrected chi connectivity index (χ3v) is 6.45. The largest absolute Gasteiger partial charge is 0.386 e. The fourth-order valence-corrected chi connectivity index (χ4v) is 4.51. The van der Waals surface area contributed by atoms with Crippen molar-refractivity contribution in [3.05, 3.63) is 65.6 Å². The maximum Gasteiger partial charge on any atom is 0.155 e. The molecule has 32 heavy (non-hydrogen) atoms. The monoisotopic (exact) mass is 459 g/mol. The fraction of sp³-hybridized carbons (Fsp3) is 0.375. The Labute approximate surface area is 190 Å². The highest BCUT2D eigenvalue weighted by atomic mass is 32.1. The average Bonchev–Trinajstić information content (AvgIpc) is 3.22. The van der Waals surface area contributed by atoms with Gasteiger partial charge in [-0.25, -0.2) is 13.8 Å². The molecule has 0 bridgehead atoms. The molecule has 170 valence electrons. The third-order valence-electron chi connectivity index (χ3n) is 5.41. The molecular weight excluding hydrogens is 432 g/mol. The van der Waals surface area contributed by atoms with Crippen LogP contribution in [0.3, 0.4) is 0 Å². The predicted molar refractivity (Wildman–Crippen MR) is 124 cm³/mol. The lowest BCUT2D eigenvalue weighted by molar-refractivity contribution is 0.0265. The highest BCUT2D eigenvalue weighted by Gasteiger charge is 2.20. The Morgan fingerprint density at radius 2 is 1.97 bits per heavy atom. The van der Waals surface area contributed by atoms with E-state index in [2.05, 4.69) is 10.3 Å². The van der Waals surface area contributed by atoms with Crippen LogP contribution in [-0.4, -0.2) is 47.8 Å². The second-order valence-electron chi connectivity index (χ2n) is 8.37. The highest BCUT2D eigenvalue weighted by molar-refractivity contribution is 7.19. The molecule has 2 aromatic heterocycles. The van der Waals surface area contributed by atoms with Gasteiger partial charge >= 0.3 is 0 Å². The first-order chi connectivity index (χ1) is 15.3. The molecule has 8 heteroatoms. The number of anilines is 2. The van der Waals surface area contributed by atoms with Crippen molar-refractivity contribution in [2.45, 2.75) is 25.6 Å². The van der Waals surface area contributed by atoms with Crippen LogP contribution in [0.5, 0.6) is 0 Å². The summed E-state index contributed by atoms with van der Waals surface area (Å²) in [6.45, 7) is 6.25. The van der Waals surface area contributed by atoms with Gasteiger partial charge in [-0.05, 0) is 49.7 Å². The van der Waals surface area contributed by atoms with Crippen molar-refractivity contribution in [1.82, 2.24) is 9.88 Å². The molecule has 0 spiro atoms. The van der Waals surface area contributed by atoms with Gasteiger partial charge in [0.15, 0.2) is 6.17 Å². The standard InChI is InChI=1S/C24H27F2N3O2S/c1-24(2,30)16-6-7-17(18(25)14-16)21-8-9-23(32-21)28-22-5-3-4-20(27-22)19(26)15-29-10-12-31-13-11-29/h3-9,14,19,30H,10-13,15H2,1-2H3,(H,27,28). The number of aliphatic hydroxyl groups is 1. The summed E-state index contributed by atoms with van der Waals surface area (Å²) in [6, 6.07) is 13.7. The van der Waals surface area contributed by atoms with Gasteiger partial charge in [0, 0.05) is 30.1 Å². The lowest BCUT2D eigenvalue weighted by Gasteiger charge is -2.27. The quantitative estimate of drug-likeness (QED) is 0.505. The van der Waals surface area contributed by atoms with Crippen molar-refractivity contribution >= 4 is 22.2 Å². The topological polar surface area (TPSA) is 57.6 Å². The van der Waals surface area contributed by atoms with Crippen LogP contribution in [-0.2, 0) is 10.3 Å². The minimum absolute atomic E-state index is 0.295. The highest BCUT2D eigenvalue weighted by Crippen LogP contribution is 2.35. The Kier molecular flexibility index (Phi) is 6.85. The van der Waals surface area contributed by atoms with Gasteiger partial charge in [0.05, 0.1) is 29.5 Å². The maximum atomic E-state index is 14.8. The lowest BCUT2D eigenvalue weighted by Crippen LogP contribution is -2.38. The van der Waals surface area contributed by atoms with Crippen molar-refractivity contribution in [2.75, 3.05) is 38.2 Å². The van der Waals surface area contributed by atoms with Gasteiger partial charge in [0.2, 0.25) is 0 Å². The maximum absolute atomic E-state index is 14.8. The third kappa shape index (κ3) is 5.50. The van der Waals surface area contributed by atoms with Crippen LogP contribution in [0.25, 0.3) is 10.4 Å². The smallest absolute Gasteiger partial charge is 0.155 e. The van der Waals surface area contributed by atoms with E-state index >= 15 is 0 Å². The number of thiophene rings is 1. The summed E-state index contributed by atoms with van der Waals surface area (Å²) in [7, 11) is 0. The van der Waals surface area contributed by atoms with Crippen molar-refractivity contribution in [2.24, 2.45) is 0 Å². The van der Waals surface area contributed by atoms with E-state index in [0.29, 0.717) is 42.4 Å². The molecule has 0 amide bonds. The van der Waals surface area contributed by atoms with Crippen LogP contribution in [0.2, 0.25) is 0 Å². The number of hydrogen-bond donors (Lipinski definition) is 2. The Morgan fingerprint density at radius 3 is 2.69 bits per heavy atom. The number of nitrogens with zero attached hydrogens (tertiary/aromatic N) is 2. The van der Waals surface area contributed by atoms with Crippen LogP contribution in [0.1, 0.15) is 31.3 Å². The van der Waals surface area contributed by atoms with Crippen LogP contribution in [0, 0.1) is 5.82 Å². The molecule has 1 saturated heterocycles. The van der Waals surface area contributed by atoms with Gasteiger partial charge in [0.25, 0.3) is 0 Å². The van der Waals surface area contributed by atoms with E-state index in [1.54, 1.807) is 44.2 Å². The predicted octanol–water partition coefficient (Wildman–Crippen LogP) is 5.26. The number of aromatic nitrogens is 1. The number of halogens is 2. The molecule has 4 rings (SSSR count). The van der Waals surface area contributed by atoms with Crippen molar-refractivity contribution < 1.29 is 18.6 Å². The Morgan fingerprint density at radius 1 is 1.19 bits per heavy atom. The number of alkyl halides is 1. The van der Waals surface area contributed by atoms with E-state index < -0.39 is 11.8 Å². The number of rotatable bonds is 7. The number of nitrogens with one attached hydrogen (secondary N) is 1. The second kappa shape index (κ2) is 9.62. The van der Waals surface area contributed by atoms with Crippen LogP contribution >= 0.6 is 11.3 Å². The van der Waals surface area contributed by atoms with Crippen LogP contribution in [0.4, 0.5) is 19.6 Å². The zero-order valence-electron chi connectivity index (χ0n) is 18.1. The second-order valence-corrected chi connectivity index (χ2v) is 9.45. The first-order valence-electron chi connectivity index (χ1n) is 10.6. The molecule has 1 aliphatic heterocycles. The first-order valence-corrected chi connectivity index (χ1v) is 11.4. The molecule has 1 fully saturated rings. The van der Waals surface area contributed by atoms with Crippen molar-refractivity contribution in [1.29, 1.82) is 0 Å². The SMILES string of the molecule is CC(C)(O)c1ccc(-c2ccc(Nc3cccc(C(F)CN4CCOCC4)n3)s2)c(F)c1. The Balaban J connectivity index is 1.45. The van der Waals surface area contributed by atoms with E-state index in [-0.39, 0.29) is 5.82 Å². The number of hydrogen-bond acceptors (Lipinski definition) is 6. The van der Waals surface area contributed by atoms with Crippen molar-refractivity contribution in [3.63, 3.8) is 0 Å². The minimum Gasteiger partial charge on any atom is -0.386 e. The summed E-state index contributed by atoms with van der Waals surface area (Å²) in [5.41, 5.74) is 0.264. The van der Waals surface area contributed by atoms with Gasteiger partial charge in [0.1, 0.15) is 11.6 Å². The molecule has 3 aromatic rings. The van der Waals surface area contributed by atoms with E-state index in [1.165, 1.54) is 17.4 Å². The Hall–Kier alpha value is -2.39. The van der Waals surface area contributed by atoms with Gasteiger partial charge in [-0.1, -0.05) is 18.2 Å². The number of benzene rings is 1. The van der Waals surface area contributed by atoms with Gasteiger partial charge in [-0.3, -0.25) is 4.90 Å². The number of morpholine rings is 1. The van der Waals surface area contributed by atoms with Gasteiger partial charge in [-0.15, -0.1) is 11.3 Å². The van der Waals surface area contributed by atoms with Crippen LogP contribution in [0.15, 0.2) is 48.5 Å². The molecule has 0 aliphatic carbocycles. The summed E-state index contributed by atoms with van der Waals surface area (Å²) in [5.74, 6) is 0.153. The van der Waals surface area contributed by atoms with E-state index in [4.69, 9.17) is 4.74 Å². The molecule has 0 saturated carbocycles. The summed E-state index contributed by atoms with van der Waals surface area (Å²) >= 11 is 1.38. The molecular formula is C24H27F2N3O2S. The molecule has 2 N–H and O–H groups in total. The normalized spacial score (nSPS) is 16.2. The van der Waals surface area contributed by atoms with Crippen LogP contribution < -0.4 is 5.32 Å². The minimum atomic E-state index is -1.18. The molecule has 1 atom stereocenters. The van der Waals surface area contributed by atoms with Gasteiger partial charge < -0.3 is 15.2 Å². The number of pyridine rings is 1. The zero-order valence-corrected chi connectivity index (χ0v) is 19.0. The Bertz CT molecular complexity index is 1060. The number of ether oxygens (including phenoxy) is 1. The molecule has 3 heterocycles. The summed E-state index contributed by atoms with van der Waals surface area (Å²) < 4.78 is 34.8. The molecule has 1 aromatic carbocycles. The van der Waals surface area contributed by atoms with E-state index in [1.807, 2.05) is 17.0 Å². The summed E-state index contributed by atoms with van der Waals surface area (Å²) in [6.07, 6.45) is -1.18. The van der Waals surface area contributed by atoms with Gasteiger partial charge in [-0.2, -0.15) is 0 Å². The summed E-state index contributed by atoms with van der Waals surface area (Å²) in [4.78, 5) is 7.22. The van der Waals surface area contributed by atoms with E-state index in [0.717, 1.165) is 23.0 Å².